The molecule has 18 heavy (non-hydrogen) atoms. The van der Waals surface area contributed by atoms with Crippen molar-refractivity contribution in [2.45, 2.75) is 18.3 Å². The largest absolute Gasteiger partial charge is 0.337 e. The van der Waals surface area contributed by atoms with Crippen molar-refractivity contribution in [3.63, 3.8) is 0 Å². The van der Waals surface area contributed by atoms with Gasteiger partial charge in [-0.25, -0.2) is 0 Å². The standard InChI is InChI=1S/C14H13ClN2O/c15-12-7-13(18)17(9-12)8-11-4-1-3-10-5-2-6-16-14(10)11/h1-6,12H,7-9H2. The highest BCUT2D eigenvalue weighted by atomic mass is 35.5. The van der Waals surface area contributed by atoms with Crippen molar-refractivity contribution in [2.75, 3.05) is 6.54 Å². The maximum Gasteiger partial charge on any atom is 0.224 e. The van der Waals surface area contributed by atoms with Gasteiger partial charge in [-0.2, -0.15) is 0 Å². The number of hydrogen-bond donors (Lipinski definition) is 0. The third-order valence-corrected chi connectivity index (χ3v) is 3.54. The number of pyridine rings is 1. The van der Waals surface area contributed by atoms with Crippen LogP contribution in [0, 0.1) is 0 Å². The van der Waals surface area contributed by atoms with Crippen LogP contribution >= 0.6 is 11.6 Å². The molecule has 1 aliphatic heterocycles. The second-order valence-electron chi connectivity index (χ2n) is 4.57. The van der Waals surface area contributed by atoms with Crippen molar-refractivity contribution in [1.82, 2.24) is 9.88 Å². The molecule has 4 heteroatoms. The summed E-state index contributed by atoms with van der Waals surface area (Å²) in [6, 6.07) is 9.99. The summed E-state index contributed by atoms with van der Waals surface area (Å²) in [6.45, 7) is 1.22. The van der Waals surface area contributed by atoms with E-state index in [0.29, 0.717) is 19.5 Å². The van der Waals surface area contributed by atoms with Crippen LogP contribution in [0.25, 0.3) is 10.9 Å². The predicted molar refractivity (Wildman–Crippen MR) is 71.4 cm³/mol. The minimum Gasteiger partial charge on any atom is -0.337 e. The molecule has 3 rings (SSSR count). The zero-order chi connectivity index (χ0) is 12.5. The molecule has 0 aliphatic carbocycles. The van der Waals surface area contributed by atoms with Gasteiger partial charge in [0.15, 0.2) is 0 Å². The van der Waals surface area contributed by atoms with E-state index in [-0.39, 0.29) is 11.3 Å². The second-order valence-corrected chi connectivity index (χ2v) is 5.19. The van der Waals surface area contributed by atoms with Gasteiger partial charge in [0.25, 0.3) is 0 Å². The molecule has 1 aromatic carbocycles. The van der Waals surface area contributed by atoms with Gasteiger partial charge >= 0.3 is 0 Å². The normalized spacial score (nSPS) is 19.7. The first kappa shape index (κ1) is 11.5. The van der Waals surface area contributed by atoms with Gasteiger partial charge in [-0.05, 0) is 11.6 Å². The number of hydrogen-bond acceptors (Lipinski definition) is 2. The molecule has 0 bridgehead atoms. The van der Waals surface area contributed by atoms with Crippen LogP contribution < -0.4 is 0 Å². The van der Waals surface area contributed by atoms with Crippen LogP contribution in [0.1, 0.15) is 12.0 Å². The van der Waals surface area contributed by atoms with Crippen molar-refractivity contribution in [2.24, 2.45) is 0 Å². The molecule has 1 aromatic heterocycles. The molecular formula is C14H13ClN2O. The lowest BCUT2D eigenvalue weighted by molar-refractivity contribution is -0.128. The Labute approximate surface area is 110 Å². The maximum atomic E-state index is 11.7. The molecule has 2 aromatic rings. The van der Waals surface area contributed by atoms with E-state index >= 15 is 0 Å². The smallest absolute Gasteiger partial charge is 0.224 e. The van der Waals surface area contributed by atoms with Crippen LogP contribution in [-0.4, -0.2) is 27.7 Å². The van der Waals surface area contributed by atoms with Crippen molar-refractivity contribution < 1.29 is 4.79 Å². The zero-order valence-corrected chi connectivity index (χ0v) is 10.6. The fraction of sp³-hybridized carbons (Fsp3) is 0.286. The highest BCUT2D eigenvalue weighted by Crippen LogP contribution is 2.22. The van der Waals surface area contributed by atoms with Crippen LogP contribution in [0.4, 0.5) is 0 Å². The van der Waals surface area contributed by atoms with Gasteiger partial charge in [0, 0.05) is 31.1 Å². The van der Waals surface area contributed by atoms with Crippen molar-refractivity contribution in [3.05, 3.63) is 42.1 Å². The Kier molecular flexibility index (Phi) is 2.92. The summed E-state index contributed by atoms with van der Waals surface area (Å²) < 4.78 is 0. The van der Waals surface area contributed by atoms with Crippen molar-refractivity contribution >= 4 is 28.4 Å². The highest BCUT2D eigenvalue weighted by Gasteiger charge is 2.28. The Balaban J connectivity index is 1.93. The summed E-state index contributed by atoms with van der Waals surface area (Å²) in [5.74, 6) is 0.128. The number of likely N-dealkylation sites (tertiary alicyclic amines) is 1. The van der Waals surface area contributed by atoms with E-state index in [4.69, 9.17) is 11.6 Å². The van der Waals surface area contributed by atoms with Crippen LogP contribution in [0.5, 0.6) is 0 Å². The van der Waals surface area contributed by atoms with E-state index in [1.165, 1.54) is 0 Å². The second kappa shape index (κ2) is 4.58. The van der Waals surface area contributed by atoms with E-state index in [1.54, 1.807) is 11.1 Å². The predicted octanol–water partition coefficient (Wildman–Crippen LogP) is 2.57. The number of carbonyl (C=O) groups is 1. The molecule has 0 N–H and O–H groups in total. The highest BCUT2D eigenvalue weighted by molar-refractivity contribution is 6.22. The van der Waals surface area contributed by atoms with Crippen LogP contribution in [0.3, 0.4) is 0 Å². The molecule has 1 unspecified atom stereocenters. The summed E-state index contributed by atoms with van der Waals surface area (Å²) in [7, 11) is 0. The van der Waals surface area contributed by atoms with Crippen molar-refractivity contribution in [3.8, 4) is 0 Å². The average Bonchev–Trinajstić information content (AvgIpc) is 2.68. The van der Waals surface area contributed by atoms with Crippen molar-refractivity contribution in [1.29, 1.82) is 0 Å². The first-order valence-corrected chi connectivity index (χ1v) is 6.42. The molecule has 1 aliphatic rings. The Morgan fingerprint density at radius 2 is 2.17 bits per heavy atom. The zero-order valence-electron chi connectivity index (χ0n) is 9.84. The molecule has 1 atom stereocenters. The third-order valence-electron chi connectivity index (χ3n) is 3.24. The first-order valence-electron chi connectivity index (χ1n) is 5.98. The van der Waals surface area contributed by atoms with Gasteiger partial charge in [0.1, 0.15) is 0 Å². The van der Waals surface area contributed by atoms with E-state index < -0.39 is 0 Å². The van der Waals surface area contributed by atoms with Gasteiger partial charge in [-0.15, -0.1) is 11.6 Å². The van der Waals surface area contributed by atoms with Gasteiger partial charge in [0.2, 0.25) is 5.91 Å². The Bertz CT molecular complexity index is 594. The molecule has 92 valence electrons. The summed E-state index contributed by atoms with van der Waals surface area (Å²) in [5.41, 5.74) is 2.04. The molecule has 1 amide bonds. The molecule has 0 radical (unpaired) electrons. The first-order chi connectivity index (χ1) is 8.74. The fourth-order valence-electron chi connectivity index (χ4n) is 2.38. The van der Waals surface area contributed by atoms with Crippen LogP contribution in [0.15, 0.2) is 36.5 Å². The van der Waals surface area contributed by atoms with E-state index in [2.05, 4.69) is 4.98 Å². The molecular weight excluding hydrogens is 248 g/mol. The van der Waals surface area contributed by atoms with Crippen LogP contribution in [0.2, 0.25) is 0 Å². The third kappa shape index (κ3) is 2.06. The topological polar surface area (TPSA) is 33.2 Å². The van der Waals surface area contributed by atoms with Gasteiger partial charge in [-0.3, -0.25) is 9.78 Å². The Morgan fingerprint density at radius 1 is 1.33 bits per heavy atom. The number of carbonyl (C=O) groups excluding carboxylic acids is 1. The van der Waals surface area contributed by atoms with Gasteiger partial charge < -0.3 is 4.90 Å². The van der Waals surface area contributed by atoms with Gasteiger partial charge in [0.05, 0.1) is 10.9 Å². The Morgan fingerprint density at radius 3 is 2.94 bits per heavy atom. The number of para-hydroxylation sites is 1. The molecule has 1 saturated heterocycles. The van der Waals surface area contributed by atoms with E-state index in [9.17, 15) is 4.79 Å². The Hall–Kier alpha value is -1.61. The molecule has 0 spiro atoms. The summed E-state index contributed by atoms with van der Waals surface area (Å²) in [6.07, 6.45) is 2.22. The summed E-state index contributed by atoms with van der Waals surface area (Å²) >= 11 is 6.01. The van der Waals surface area contributed by atoms with E-state index in [0.717, 1.165) is 16.5 Å². The SMILES string of the molecule is O=C1CC(Cl)CN1Cc1cccc2cccnc12. The van der Waals surface area contributed by atoms with E-state index in [1.807, 2.05) is 30.3 Å². The number of nitrogens with zero attached hydrogens (tertiary/aromatic N) is 2. The summed E-state index contributed by atoms with van der Waals surface area (Å²) in [4.78, 5) is 17.9. The van der Waals surface area contributed by atoms with Gasteiger partial charge in [-0.1, -0.05) is 24.3 Å². The fourth-order valence-corrected chi connectivity index (χ4v) is 2.68. The number of aromatic nitrogens is 1. The number of fused-ring (bicyclic) bond motifs is 1. The summed E-state index contributed by atoms with van der Waals surface area (Å²) in [5, 5.41) is 1.05. The lowest BCUT2D eigenvalue weighted by Crippen LogP contribution is -2.24. The molecule has 3 nitrogen and oxygen atoms in total. The maximum absolute atomic E-state index is 11.7. The number of benzene rings is 1. The quantitative estimate of drug-likeness (QED) is 0.778. The number of amides is 1. The number of rotatable bonds is 2. The minimum absolute atomic E-state index is 0.0552. The lowest BCUT2D eigenvalue weighted by atomic mass is 10.1. The molecule has 0 saturated carbocycles. The monoisotopic (exact) mass is 260 g/mol. The van der Waals surface area contributed by atoms with Crippen LogP contribution in [-0.2, 0) is 11.3 Å². The lowest BCUT2D eigenvalue weighted by Gasteiger charge is -2.16. The number of alkyl halides is 1. The number of halogens is 1. The minimum atomic E-state index is -0.0552. The molecule has 2 heterocycles. The average molecular weight is 261 g/mol. The molecule has 1 fully saturated rings.